The zero-order valence-corrected chi connectivity index (χ0v) is 12.8. The van der Waals surface area contributed by atoms with Crippen molar-refractivity contribution in [2.75, 3.05) is 0 Å². The van der Waals surface area contributed by atoms with Crippen molar-refractivity contribution >= 4 is 15.9 Å². The van der Waals surface area contributed by atoms with Gasteiger partial charge in [-0.2, -0.15) is 5.10 Å². The van der Waals surface area contributed by atoms with Gasteiger partial charge in [-0.15, -0.1) is 0 Å². The first-order valence-corrected chi connectivity index (χ1v) is 6.94. The number of aromatic nitrogens is 2. The highest BCUT2D eigenvalue weighted by Gasteiger charge is 2.09. The Balaban J connectivity index is 2.03. The van der Waals surface area contributed by atoms with Crippen molar-refractivity contribution in [3.63, 3.8) is 0 Å². The van der Waals surface area contributed by atoms with E-state index in [2.05, 4.69) is 33.3 Å². The summed E-state index contributed by atoms with van der Waals surface area (Å²) in [6, 6.07) is 5.24. The van der Waals surface area contributed by atoms with Crippen LogP contribution in [0.4, 0.5) is 4.39 Å². The van der Waals surface area contributed by atoms with Crippen molar-refractivity contribution in [2.24, 2.45) is 7.05 Å². The molecule has 1 aromatic heterocycles. The highest BCUT2D eigenvalue weighted by Crippen LogP contribution is 2.21. The van der Waals surface area contributed by atoms with Gasteiger partial charge in [-0.3, -0.25) is 4.68 Å². The Morgan fingerprint density at radius 3 is 2.79 bits per heavy atom. The summed E-state index contributed by atoms with van der Waals surface area (Å²) in [4.78, 5) is 0. The topological polar surface area (TPSA) is 29.9 Å². The van der Waals surface area contributed by atoms with E-state index < -0.39 is 0 Å². The molecule has 1 heterocycles. The van der Waals surface area contributed by atoms with Crippen molar-refractivity contribution < 1.29 is 4.39 Å². The van der Waals surface area contributed by atoms with Crippen LogP contribution in [0.2, 0.25) is 0 Å². The lowest BCUT2D eigenvalue weighted by Gasteiger charge is -2.14. The number of nitrogens with zero attached hydrogens (tertiary/aromatic N) is 2. The minimum Gasteiger partial charge on any atom is -0.306 e. The fourth-order valence-electron chi connectivity index (χ4n) is 1.88. The molecule has 5 heteroatoms. The number of rotatable bonds is 4. The molecule has 3 nitrogen and oxygen atoms in total. The summed E-state index contributed by atoms with van der Waals surface area (Å²) in [5.74, 6) is -0.237. The van der Waals surface area contributed by atoms with Crippen molar-refractivity contribution in [3.8, 4) is 0 Å². The molecule has 0 radical (unpaired) electrons. The lowest BCUT2D eigenvalue weighted by Crippen LogP contribution is -2.18. The number of benzene rings is 1. The molecule has 0 aliphatic carbocycles. The lowest BCUT2D eigenvalue weighted by molar-refractivity contribution is 0.568. The molecule has 19 heavy (non-hydrogen) atoms. The van der Waals surface area contributed by atoms with Gasteiger partial charge in [0, 0.05) is 30.9 Å². The van der Waals surface area contributed by atoms with Gasteiger partial charge >= 0.3 is 0 Å². The minimum absolute atomic E-state index is 0.150. The fraction of sp³-hybridized carbons (Fsp3) is 0.357. The monoisotopic (exact) mass is 325 g/mol. The molecule has 1 aromatic carbocycles. The van der Waals surface area contributed by atoms with E-state index >= 15 is 0 Å². The smallest absolute Gasteiger partial charge is 0.137 e. The minimum atomic E-state index is -0.237. The molecule has 0 saturated heterocycles. The Kier molecular flexibility index (Phi) is 4.37. The SMILES string of the molecule is Cc1c(CNC(C)c2ccc(F)c(Br)c2)cnn1C. The first-order chi connectivity index (χ1) is 8.99. The lowest BCUT2D eigenvalue weighted by atomic mass is 10.1. The summed E-state index contributed by atoms with van der Waals surface area (Å²) in [7, 11) is 1.93. The van der Waals surface area contributed by atoms with Crippen molar-refractivity contribution in [3.05, 3.63) is 51.5 Å². The van der Waals surface area contributed by atoms with Gasteiger partial charge in [-0.25, -0.2) is 4.39 Å². The first-order valence-electron chi connectivity index (χ1n) is 6.15. The predicted molar refractivity (Wildman–Crippen MR) is 77.3 cm³/mol. The van der Waals surface area contributed by atoms with Gasteiger partial charge in [0.1, 0.15) is 5.82 Å². The highest BCUT2D eigenvalue weighted by molar-refractivity contribution is 9.10. The third kappa shape index (κ3) is 3.22. The predicted octanol–water partition coefficient (Wildman–Crippen LogP) is 3.48. The number of hydrogen-bond acceptors (Lipinski definition) is 2. The third-order valence-electron chi connectivity index (χ3n) is 3.38. The molecule has 0 saturated carbocycles. The Morgan fingerprint density at radius 1 is 1.47 bits per heavy atom. The van der Waals surface area contributed by atoms with Gasteiger partial charge in [0.25, 0.3) is 0 Å². The first kappa shape index (κ1) is 14.2. The fourth-order valence-corrected chi connectivity index (χ4v) is 2.28. The normalized spacial score (nSPS) is 12.7. The van der Waals surface area contributed by atoms with Crippen LogP contribution in [0.25, 0.3) is 0 Å². The zero-order valence-electron chi connectivity index (χ0n) is 11.2. The molecule has 2 rings (SSSR count). The molecule has 2 aromatic rings. The van der Waals surface area contributed by atoms with Crippen LogP contribution < -0.4 is 5.32 Å². The number of halogens is 2. The van der Waals surface area contributed by atoms with E-state index in [0.717, 1.165) is 17.8 Å². The molecule has 0 fully saturated rings. The van der Waals surface area contributed by atoms with Gasteiger partial charge in [0.15, 0.2) is 0 Å². The molecule has 0 aliphatic rings. The number of hydrogen-bond donors (Lipinski definition) is 1. The molecule has 1 atom stereocenters. The maximum Gasteiger partial charge on any atom is 0.137 e. The molecule has 1 N–H and O–H groups in total. The zero-order chi connectivity index (χ0) is 14.0. The molecule has 1 unspecified atom stereocenters. The molecule has 0 spiro atoms. The molecule has 0 bridgehead atoms. The van der Waals surface area contributed by atoms with Crippen LogP contribution in [-0.2, 0) is 13.6 Å². The molecular formula is C14H17BrFN3. The van der Waals surface area contributed by atoms with Crippen molar-refractivity contribution in [1.29, 1.82) is 0 Å². The standard InChI is InChI=1S/C14H17BrFN3/c1-9(11-4-5-14(16)13(15)6-11)17-7-12-8-18-19(3)10(12)2/h4-6,8-9,17H,7H2,1-3H3. The summed E-state index contributed by atoms with van der Waals surface area (Å²) >= 11 is 3.21. The summed E-state index contributed by atoms with van der Waals surface area (Å²) in [5, 5.41) is 7.63. The Bertz CT molecular complexity index is 580. The third-order valence-corrected chi connectivity index (χ3v) is 3.99. The second kappa shape index (κ2) is 5.84. The van der Waals surface area contributed by atoms with E-state index in [0.29, 0.717) is 4.47 Å². The summed E-state index contributed by atoms with van der Waals surface area (Å²) in [5.41, 5.74) is 3.38. The second-order valence-corrected chi connectivity index (χ2v) is 5.51. The molecular weight excluding hydrogens is 309 g/mol. The number of nitrogens with one attached hydrogen (secondary N) is 1. The summed E-state index contributed by atoms with van der Waals surface area (Å²) in [6.45, 7) is 4.85. The highest BCUT2D eigenvalue weighted by atomic mass is 79.9. The Morgan fingerprint density at radius 2 is 2.21 bits per heavy atom. The molecule has 0 aliphatic heterocycles. The number of aryl methyl sites for hydroxylation is 1. The Hall–Kier alpha value is -1.20. The van der Waals surface area contributed by atoms with E-state index in [9.17, 15) is 4.39 Å². The molecule has 102 valence electrons. The quantitative estimate of drug-likeness (QED) is 0.932. The average molecular weight is 326 g/mol. The van der Waals surface area contributed by atoms with E-state index in [1.165, 1.54) is 11.6 Å². The van der Waals surface area contributed by atoms with Crippen molar-refractivity contribution in [2.45, 2.75) is 26.4 Å². The summed E-state index contributed by atoms with van der Waals surface area (Å²) in [6.07, 6.45) is 1.87. The van der Waals surface area contributed by atoms with E-state index in [4.69, 9.17) is 0 Å². The van der Waals surface area contributed by atoms with Gasteiger partial charge in [0.2, 0.25) is 0 Å². The second-order valence-electron chi connectivity index (χ2n) is 4.65. The maximum absolute atomic E-state index is 13.2. The molecule has 0 amide bonds. The van der Waals surface area contributed by atoms with Crippen LogP contribution in [0.3, 0.4) is 0 Å². The van der Waals surface area contributed by atoms with Gasteiger partial charge in [0.05, 0.1) is 10.7 Å². The van der Waals surface area contributed by atoms with E-state index in [-0.39, 0.29) is 11.9 Å². The van der Waals surface area contributed by atoms with Crippen LogP contribution in [-0.4, -0.2) is 9.78 Å². The summed E-state index contributed by atoms with van der Waals surface area (Å²) < 4.78 is 15.5. The maximum atomic E-state index is 13.2. The van der Waals surface area contributed by atoms with Crippen molar-refractivity contribution in [1.82, 2.24) is 15.1 Å². The van der Waals surface area contributed by atoms with Crippen LogP contribution in [0, 0.1) is 12.7 Å². The van der Waals surface area contributed by atoms with E-state index in [1.54, 1.807) is 6.07 Å². The van der Waals surface area contributed by atoms with Crippen LogP contribution in [0.1, 0.15) is 29.8 Å². The van der Waals surface area contributed by atoms with Crippen LogP contribution in [0.5, 0.6) is 0 Å². The van der Waals surface area contributed by atoms with E-state index in [1.807, 2.05) is 30.9 Å². The van der Waals surface area contributed by atoms with Crippen LogP contribution in [0.15, 0.2) is 28.9 Å². The average Bonchev–Trinajstić information content (AvgIpc) is 2.70. The largest absolute Gasteiger partial charge is 0.306 e. The van der Waals surface area contributed by atoms with Gasteiger partial charge in [-0.05, 0) is 47.5 Å². The Labute approximate surface area is 121 Å². The van der Waals surface area contributed by atoms with Gasteiger partial charge in [-0.1, -0.05) is 6.07 Å². The van der Waals surface area contributed by atoms with Gasteiger partial charge < -0.3 is 5.32 Å². The van der Waals surface area contributed by atoms with Crippen LogP contribution >= 0.6 is 15.9 Å².